The minimum Gasteiger partial charge on any atom is -0.481 e. The van der Waals surface area contributed by atoms with Crippen LogP contribution in [0.1, 0.15) is 35.5 Å². The van der Waals surface area contributed by atoms with Gasteiger partial charge >= 0.3 is 5.97 Å². The first-order valence-corrected chi connectivity index (χ1v) is 10.7. The Kier molecular flexibility index (Phi) is 6.94. The second-order valence-electron chi connectivity index (χ2n) is 7.18. The molecule has 164 valence electrons. The van der Waals surface area contributed by atoms with E-state index >= 15 is 0 Å². The number of nitrogens with zero attached hydrogens (tertiary/aromatic N) is 1. The smallest absolute Gasteiger partial charge is 0.307 e. The van der Waals surface area contributed by atoms with Crippen molar-refractivity contribution in [3.05, 3.63) is 69.3 Å². The molecule has 1 fully saturated rings. The van der Waals surface area contributed by atoms with E-state index in [1.807, 2.05) is 32.0 Å². The molecular weight excluding hydrogens is 439 g/mol. The van der Waals surface area contributed by atoms with Gasteiger partial charge in [-0.05, 0) is 29.3 Å². The molecule has 0 radical (unpaired) electrons. The molecule has 1 aromatic heterocycles. The second kappa shape index (κ2) is 9.30. The quantitative estimate of drug-likeness (QED) is 0.570. The Hall–Kier alpha value is -2.54. The van der Waals surface area contributed by atoms with Crippen LogP contribution >= 0.6 is 23.2 Å². The number of hydrogen-bond acceptors (Lipinski definition) is 3. The Bertz CT molecular complexity index is 1120. The van der Waals surface area contributed by atoms with Crippen LogP contribution in [0.3, 0.4) is 0 Å². The fourth-order valence-corrected chi connectivity index (χ4v) is 3.96. The Morgan fingerprint density at radius 3 is 2.32 bits per heavy atom. The molecule has 0 saturated carbocycles. The summed E-state index contributed by atoms with van der Waals surface area (Å²) in [5.74, 6) is -1.14. The summed E-state index contributed by atoms with van der Waals surface area (Å²) >= 11 is 12.4. The topological polar surface area (TPSA) is 80.6 Å². The summed E-state index contributed by atoms with van der Waals surface area (Å²) in [5, 5.41) is 13.6. The van der Waals surface area contributed by atoms with E-state index < -0.39 is 11.5 Å². The number of nitrogens with one attached hydrogen (secondary N) is 1. The van der Waals surface area contributed by atoms with Crippen LogP contribution in [0.5, 0.6) is 0 Å². The molecule has 6 nitrogen and oxygen atoms in total. The lowest BCUT2D eigenvalue weighted by molar-refractivity contribution is -0.136. The molecular formula is C23H24Cl2N2O4. The van der Waals surface area contributed by atoms with E-state index in [0.29, 0.717) is 39.9 Å². The molecule has 2 aromatic carbocycles. The minimum atomic E-state index is -0.887. The predicted octanol–water partition coefficient (Wildman–Crippen LogP) is 4.79. The molecule has 2 N–H and O–H groups in total. The van der Waals surface area contributed by atoms with Gasteiger partial charge < -0.3 is 19.7 Å². The molecule has 1 amide bonds. The summed E-state index contributed by atoms with van der Waals surface area (Å²) in [7, 11) is 1.80. The number of aromatic nitrogens is 1. The number of aryl methyl sites for hydroxylation is 1. The maximum atomic E-state index is 13.1. The van der Waals surface area contributed by atoms with Gasteiger partial charge in [0.15, 0.2) is 0 Å². The van der Waals surface area contributed by atoms with Crippen LogP contribution in [0.2, 0.25) is 10.0 Å². The number of benzene rings is 2. The zero-order valence-corrected chi connectivity index (χ0v) is 19.0. The number of aliphatic carboxylic acids is 1. The standard InChI is InChI=1S/C21H18Cl2N2O4.C2H6/c1-25-16-7-6-15(22)19(23)14(16)9-17(25)20(28)24-21(10-29-11-21)13-4-2-12(3-5-13)8-18(26)27;1-2/h2-7,9H,8,10-11H2,1H3,(H,24,28)(H,26,27);1-2H3. The summed E-state index contributed by atoms with van der Waals surface area (Å²) in [6.07, 6.45) is -0.0462. The molecule has 0 spiro atoms. The van der Waals surface area contributed by atoms with Crippen molar-refractivity contribution >= 4 is 46.0 Å². The van der Waals surface area contributed by atoms with E-state index in [1.54, 1.807) is 35.9 Å². The Morgan fingerprint density at radius 2 is 1.77 bits per heavy atom. The number of carbonyl (C=O) groups excluding carboxylic acids is 1. The van der Waals surface area contributed by atoms with Crippen LogP contribution in [-0.4, -0.2) is 34.8 Å². The number of carboxylic acids is 1. The van der Waals surface area contributed by atoms with Gasteiger partial charge in [-0.1, -0.05) is 61.3 Å². The largest absolute Gasteiger partial charge is 0.481 e. The summed E-state index contributed by atoms with van der Waals surface area (Å²) in [6, 6.07) is 12.4. The first-order valence-electron chi connectivity index (χ1n) is 9.96. The molecule has 1 saturated heterocycles. The predicted molar refractivity (Wildman–Crippen MR) is 122 cm³/mol. The van der Waals surface area contributed by atoms with Gasteiger partial charge in [0.2, 0.25) is 0 Å². The van der Waals surface area contributed by atoms with Crippen molar-refractivity contribution in [2.24, 2.45) is 7.05 Å². The van der Waals surface area contributed by atoms with Crippen LogP contribution in [-0.2, 0) is 28.5 Å². The lowest BCUT2D eigenvalue weighted by Gasteiger charge is -2.42. The van der Waals surface area contributed by atoms with Gasteiger partial charge in [-0.2, -0.15) is 0 Å². The van der Waals surface area contributed by atoms with Gasteiger partial charge in [-0.3, -0.25) is 9.59 Å². The highest BCUT2D eigenvalue weighted by Crippen LogP contribution is 2.34. The Morgan fingerprint density at radius 1 is 1.13 bits per heavy atom. The van der Waals surface area contributed by atoms with Gasteiger partial charge in [-0.25, -0.2) is 0 Å². The molecule has 0 aliphatic carbocycles. The summed E-state index contributed by atoms with van der Waals surface area (Å²) in [4.78, 5) is 24.0. The van der Waals surface area contributed by atoms with Crippen molar-refractivity contribution in [2.45, 2.75) is 25.8 Å². The molecule has 0 unspecified atom stereocenters. The van der Waals surface area contributed by atoms with E-state index in [0.717, 1.165) is 11.1 Å². The fraction of sp³-hybridized carbons (Fsp3) is 0.304. The first-order chi connectivity index (χ1) is 14.8. The number of carbonyl (C=O) groups is 2. The van der Waals surface area contributed by atoms with Gasteiger partial charge in [0.05, 0.1) is 29.7 Å². The lowest BCUT2D eigenvalue weighted by atomic mass is 9.87. The van der Waals surface area contributed by atoms with E-state index in [4.69, 9.17) is 33.0 Å². The average molecular weight is 463 g/mol. The molecule has 1 aliphatic rings. The average Bonchev–Trinajstić information content (AvgIpc) is 3.06. The van der Waals surface area contributed by atoms with Crippen LogP contribution in [0.25, 0.3) is 10.9 Å². The van der Waals surface area contributed by atoms with Crippen molar-refractivity contribution in [3.63, 3.8) is 0 Å². The Balaban J connectivity index is 0.00000132. The normalized spacial score (nSPS) is 14.4. The number of carboxylic acid groups (broad SMARTS) is 1. The third-order valence-electron chi connectivity index (χ3n) is 5.26. The minimum absolute atomic E-state index is 0.0462. The third kappa shape index (κ3) is 4.42. The molecule has 4 rings (SSSR count). The van der Waals surface area contributed by atoms with Crippen LogP contribution in [0.4, 0.5) is 0 Å². The molecule has 1 aliphatic heterocycles. The molecule has 3 aromatic rings. The summed E-state index contributed by atoms with van der Waals surface area (Å²) in [5.41, 5.74) is 2.17. The molecule has 8 heteroatoms. The van der Waals surface area contributed by atoms with Crippen LogP contribution in [0.15, 0.2) is 42.5 Å². The fourth-order valence-electron chi connectivity index (χ4n) is 3.58. The van der Waals surface area contributed by atoms with Gasteiger partial charge in [0.25, 0.3) is 5.91 Å². The number of rotatable bonds is 5. The first kappa shape index (κ1) is 23.1. The van der Waals surface area contributed by atoms with Crippen LogP contribution in [0, 0.1) is 0 Å². The maximum absolute atomic E-state index is 13.1. The summed E-state index contributed by atoms with van der Waals surface area (Å²) < 4.78 is 7.17. The van der Waals surface area contributed by atoms with Crippen molar-refractivity contribution in [3.8, 4) is 0 Å². The molecule has 0 atom stereocenters. The number of ether oxygens (including phenoxy) is 1. The highest BCUT2D eigenvalue weighted by Gasteiger charge is 2.42. The van der Waals surface area contributed by atoms with Crippen molar-refractivity contribution in [1.29, 1.82) is 0 Å². The van der Waals surface area contributed by atoms with Gasteiger partial charge in [0, 0.05) is 18.0 Å². The lowest BCUT2D eigenvalue weighted by Crippen LogP contribution is -2.59. The van der Waals surface area contributed by atoms with E-state index in [1.165, 1.54) is 0 Å². The monoisotopic (exact) mass is 462 g/mol. The molecule has 31 heavy (non-hydrogen) atoms. The SMILES string of the molecule is CC.Cn1c(C(=O)NC2(c3ccc(CC(=O)O)cc3)COC2)cc2c(Cl)c(Cl)ccc21. The van der Waals surface area contributed by atoms with Crippen molar-refractivity contribution in [1.82, 2.24) is 9.88 Å². The number of hydrogen-bond donors (Lipinski definition) is 2. The van der Waals surface area contributed by atoms with Gasteiger partial charge in [0.1, 0.15) is 11.2 Å². The van der Waals surface area contributed by atoms with Crippen LogP contribution < -0.4 is 5.32 Å². The zero-order valence-electron chi connectivity index (χ0n) is 17.5. The van der Waals surface area contributed by atoms with E-state index in [2.05, 4.69) is 5.32 Å². The maximum Gasteiger partial charge on any atom is 0.307 e. The van der Waals surface area contributed by atoms with E-state index in [-0.39, 0.29) is 12.3 Å². The number of fused-ring (bicyclic) bond motifs is 1. The zero-order chi connectivity index (χ0) is 22.8. The van der Waals surface area contributed by atoms with Crippen molar-refractivity contribution in [2.75, 3.05) is 13.2 Å². The summed E-state index contributed by atoms with van der Waals surface area (Å²) in [6.45, 7) is 4.68. The highest BCUT2D eigenvalue weighted by atomic mass is 35.5. The molecule has 0 bridgehead atoms. The highest BCUT2D eigenvalue weighted by molar-refractivity contribution is 6.45. The van der Waals surface area contributed by atoms with E-state index in [9.17, 15) is 9.59 Å². The van der Waals surface area contributed by atoms with Crippen molar-refractivity contribution < 1.29 is 19.4 Å². The number of halogens is 2. The van der Waals surface area contributed by atoms with Gasteiger partial charge in [-0.15, -0.1) is 0 Å². The number of amides is 1. The second-order valence-corrected chi connectivity index (χ2v) is 7.96. The molecule has 2 heterocycles. The Labute approximate surface area is 190 Å². The third-order valence-corrected chi connectivity index (χ3v) is 6.08.